The SMILES string of the molecule is CN=C(NCC1CCS(=O)(=O)C1)N1CCN(c2cc(Cl)ccc2C)CC1. The molecule has 1 aromatic carbocycles. The molecule has 1 aromatic rings. The van der Waals surface area contributed by atoms with Gasteiger partial charge in [0, 0.05) is 50.5 Å². The standard InChI is InChI=1S/C18H27ClN4O2S/c1-14-3-4-16(19)11-17(14)22-6-8-23(9-7-22)18(20-2)21-12-15-5-10-26(24,25)13-15/h3-4,11,15H,5-10,12-13H2,1-2H3,(H,20,21). The number of hydrogen-bond donors (Lipinski definition) is 1. The molecule has 0 spiro atoms. The van der Waals surface area contributed by atoms with E-state index in [0.717, 1.165) is 43.6 Å². The first kappa shape index (κ1) is 19.3. The second kappa shape index (κ2) is 8.05. The van der Waals surface area contributed by atoms with Gasteiger partial charge in [-0.1, -0.05) is 17.7 Å². The second-order valence-corrected chi connectivity index (χ2v) is 9.77. The summed E-state index contributed by atoms with van der Waals surface area (Å²) in [6, 6.07) is 6.01. The van der Waals surface area contributed by atoms with E-state index in [9.17, 15) is 8.42 Å². The first-order chi connectivity index (χ1) is 12.4. The minimum atomic E-state index is -2.83. The molecule has 6 nitrogen and oxygen atoms in total. The van der Waals surface area contributed by atoms with Gasteiger partial charge in [-0.2, -0.15) is 0 Å². The van der Waals surface area contributed by atoms with Crippen molar-refractivity contribution < 1.29 is 8.42 Å². The van der Waals surface area contributed by atoms with Gasteiger partial charge in [0.25, 0.3) is 0 Å². The van der Waals surface area contributed by atoms with Crippen molar-refractivity contribution >= 4 is 33.1 Å². The number of aliphatic imine (C=N–C) groups is 1. The molecule has 144 valence electrons. The Hall–Kier alpha value is -1.47. The zero-order chi connectivity index (χ0) is 18.7. The van der Waals surface area contributed by atoms with E-state index in [1.54, 1.807) is 7.05 Å². The Morgan fingerprint density at radius 2 is 2.04 bits per heavy atom. The summed E-state index contributed by atoms with van der Waals surface area (Å²) >= 11 is 6.15. The fraction of sp³-hybridized carbons (Fsp3) is 0.611. The summed E-state index contributed by atoms with van der Waals surface area (Å²) in [4.78, 5) is 8.97. The Labute approximate surface area is 161 Å². The second-order valence-electron chi connectivity index (χ2n) is 7.10. The summed E-state index contributed by atoms with van der Waals surface area (Å²) in [6.45, 7) is 6.32. The van der Waals surface area contributed by atoms with Crippen LogP contribution in [-0.2, 0) is 9.84 Å². The summed E-state index contributed by atoms with van der Waals surface area (Å²) in [5.41, 5.74) is 2.42. The largest absolute Gasteiger partial charge is 0.368 e. The molecular weight excluding hydrogens is 372 g/mol. The summed E-state index contributed by atoms with van der Waals surface area (Å²) in [6.07, 6.45) is 0.744. The van der Waals surface area contributed by atoms with Crippen LogP contribution in [0.2, 0.25) is 5.02 Å². The molecule has 2 fully saturated rings. The number of sulfone groups is 1. The minimum Gasteiger partial charge on any atom is -0.368 e. The van der Waals surface area contributed by atoms with Crippen LogP contribution in [0, 0.1) is 12.8 Å². The average molecular weight is 399 g/mol. The molecule has 8 heteroatoms. The van der Waals surface area contributed by atoms with Gasteiger partial charge >= 0.3 is 0 Å². The molecule has 0 amide bonds. The Kier molecular flexibility index (Phi) is 5.97. The lowest BCUT2D eigenvalue weighted by Gasteiger charge is -2.38. The van der Waals surface area contributed by atoms with Crippen molar-refractivity contribution in [2.24, 2.45) is 10.9 Å². The van der Waals surface area contributed by atoms with Crippen molar-refractivity contribution in [3.05, 3.63) is 28.8 Å². The Morgan fingerprint density at radius 3 is 2.65 bits per heavy atom. The lowest BCUT2D eigenvalue weighted by Crippen LogP contribution is -2.53. The van der Waals surface area contributed by atoms with Gasteiger partial charge in [-0.3, -0.25) is 4.99 Å². The predicted molar refractivity (Wildman–Crippen MR) is 108 cm³/mol. The Bertz CT molecular complexity index is 773. The highest BCUT2D eigenvalue weighted by molar-refractivity contribution is 7.91. The van der Waals surface area contributed by atoms with Crippen molar-refractivity contribution in [1.82, 2.24) is 10.2 Å². The summed E-state index contributed by atoms with van der Waals surface area (Å²) in [7, 11) is -1.05. The van der Waals surface area contributed by atoms with Gasteiger partial charge in [-0.25, -0.2) is 8.42 Å². The van der Waals surface area contributed by atoms with Gasteiger partial charge in [-0.05, 0) is 37.0 Å². The van der Waals surface area contributed by atoms with Gasteiger partial charge in [0.2, 0.25) is 0 Å². The number of hydrogen-bond acceptors (Lipinski definition) is 4. The van der Waals surface area contributed by atoms with E-state index in [2.05, 4.69) is 33.1 Å². The fourth-order valence-electron chi connectivity index (χ4n) is 3.68. The van der Waals surface area contributed by atoms with Crippen LogP contribution < -0.4 is 10.2 Å². The lowest BCUT2D eigenvalue weighted by molar-refractivity contribution is 0.369. The molecule has 26 heavy (non-hydrogen) atoms. The quantitative estimate of drug-likeness (QED) is 0.621. The monoisotopic (exact) mass is 398 g/mol. The molecule has 2 heterocycles. The number of halogens is 1. The summed E-state index contributed by atoms with van der Waals surface area (Å²) < 4.78 is 23.2. The van der Waals surface area contributed by atoms with E-state index in [0.29, 0.717) is 18.1 Å². The number of nitrogens with one attached hydrogen (secondary N) is 1. The van der Waals surface area contributed by atoms with Gasteiger partial charge in [-0.15, -0.1) is 0 Å². The molecule has 2 aliphatic rings. The Morgan fingerprint density at radius 1 is 1.31 bits per heavy atom. The number of anilines is 1. The van der Waals surface area contributed by atoms with Crippen LogP contribution in [0.15, 0.2) is 23.2 Å². The van der Waals surface area contributed by atoms with Crippen molar-refractivity contribution in [1.29, 1.82) is 0 Å². The molecule has 3 rings (SSSR count). The van der Waals surface area contributed by atoms with Crippen LogP contribution >= 0.6 is 11.6 Å². The third kappa shape index (κ3) is 4.62. The number of nitrogens with zero attached hydrogens (tertiary/aromatic N) is 3. The maximum Gasteiger partial charge on any atom is 0.193 e. The van der Waals surface area contributed by atoms with Crippen LogP contribution in [0.1, 0.15) is 12.0 Å². The first-order valence-corrected chi connectivity index (χ1v) is 11.2. The zero-order valence-corrected chi connectivity index (χ0v) is 17.0. The topological polar surface area (TPSA) is 65.0 Å². The van der Waals surface area contributed by atoms with Crippen LogP contribution in [0.5, 0.6) is 0 Å². The third-order valence-electron chi connectivity index (χ3n) is 5.18. The molecule has 2 aliphatic heterocycles. The van der Waals surface area contributed by atoms with Crippen LogP contribution in [0.25, 0.3) is 0 Å². The summed E-state index contributed by atoms with van der Waals surface area (Å²) in [5.74, 6) is 1.65. The highest BCUT2D eigenvalue weighted by atomic mass is 35.5. The predicted octanol–water partition coefficient (Wildman–Crippen LogP) is 1.78. The minimum absolute atomic E-state index is 0.187. The molecular formula is C18H27ClN4O2S. The molecule has 2 saturated heterocycles. The van der Waals surface area contributed by atoms with Gasteiger partial charge in [0.1, 0.15) is 0 Å². The van der Waals surface area contributed by atoms with Crippen molar-refractivity contribution in [2.75, 3.05) is 56.2 Å². The summed E-state index contributed by atoms with van der Waals surface area (Å²) in [5, 5.41) is 4.13. The molecule has 0 radical (unpaired) electrons. The van der Waals surface area contributed by atoms with Crippen molar-refractivity contribution in [2.45, 2.75) is 13.3 Å². The van der Waals surface area contributed by atoms with E-state index in [1.165, 1.54) is 11.3 Å². The average Bonchev–Trinajstić information content (AvgIpc) is 2.97. The van der Waals surface area contributed by atoms with Crippen LogP contribution in [-0.4, -0.2) is 70.6 Å². The number of guanidine groups is 1. The number of piperazine rings is 1. The molecule has 0 aliphatic carbocycles. The highest BCUT2D eigenvalue weighted by Crippen LogP contribution is 2.25. The van der Waals surface area contributed by atoms with E-state index in [-0.39, 0.29) is 5.92 Å². The van der Waals surface area contributed by atoms with Crippen molar-refractivity contribution in [3.8, 4) is 0 Å². The maximum atomic E-state index is 11.6. The number of aryl methyl sites for hydroxylation is 1. The number of benzene rings is 1. The van der Waals surface area contributed by atoms with Crippen LogP contribution in [0.4, 0.5) is 5.69 Å². The molecule has 1 unspecified atom stereocenters. The molecule has 1 atom stereocenters. The van der Waals surface area contributed by atoms with E-state index >= 15 is 0 Å². The maximum absolute atomic E-state index is 11.6. The van der Waals surface area contributed by atoms with Crippen LogP contribution in [0.3, 0.4) is 0 Å². The normalized spacial score (nSPS) is 23.3. The lowest BCUT2D eigenvalue weighted by atomic mass is 10.1. The number of rotatable bonds is 3. The smallest absolute Gasteiger partial charge is 0.193 e. The van der Waals surface area contributed by atoms with E-state index in [4.69, 9.17) is 11.6 Å². The first-order valence-electron chi connectivity index (χ1n) is 9.05. The van der Waals surface area contributed by atoms with Crippen molar-refractivity contribution in [3.63, 3.8) is 0 Å². The van der Waals surface area contributed by atoms with E-state index < -0.39 is 9.84 Å². The zero-order valence-electron chi connectivity index (χ0n) is 15.4. The molecule has 0 bridgehead atoms. The van der Waals surface area contributed by atoms with E-state index in [1.807, 2.05) is 12.1 Å². The third-order valence-corrected chi connectivity index (χ3v) is 7.25. The Balaban J connectivity index is 1.54. The molecule has 1 N–H and O–H groups in total. The molecule has 0 saturated carbocycles. The highest BCUT2D eigenvalue weighted by Gasteiger charge is 2.28. The van der Waals surface area contributed by atoms with Gasteiger partial charge < -0.3 is 15.1 Å². The van der Waals surface area contributed by atoms with Gasteiger partial charge in [0.05, 0.1) is 11.5 Å². The van der Waals surface area contributed by atoms with Gasteiger partial charge in [0.15, 0.2) is 15.8 Å². The fourth-order valence-corrected chi connectivity index (χ4v) is 5.71. The molecule has 0 aromatic heterocycles.